The van der Waals surface area contributed by atoms with Gasteiger partial charge in [-0.15, -0.1) is 0 Å². The molecule has 20 heavy (non-hydrogen) atoms. The van der Waals surface area contributed by atoms with Crippen molar-refractivity contribution in [3.8, 4) is 0 Å². The van der Waals surface area contributed by atoms with Gasteiger partial charge in [-0.25, -0.2) is 13.2 Å². The molecule has 112 valence electrons. The van der Waals surface area contributed by atoms with Crippen LogP contribution >= 0.6 is 0 Å². The molecule has 0 aromatic heterocycles. The minimum Gasteiger partial charge on any atom is -0.271 e. The zero-order valence-corrected chi connectivity index (χ0v) is 11.8. The van der Waals surface area contributed by atoms with Crippen LogP contribution in [0.4, 0.5) is 13.2 Å². The van der Waals surface area contributed by atoms with Crippen molar-refractivity contribution in [3.05, 3.63) is 34.6 Å². The summed E-state index contributed by atoms with van der Waals surface area (Å²) in [6, 6.07) is 2.94. The average molecular weight is 286 g/mol. The summed E-state index contributed by atoms with van der Waals surface area (Å²) in [4.78, 5) is 0. The van der Waals surface area contributed by atoms with Gasteiger partial charge in [-0.1, -0.05) is 6.07 Å². The van der Waals surface area contributed by atoms with E-state index in [1.807, 2.05) is 19.9 Å². The van der Waals surface area contributed by atoms with Crippen LogP contribution in [0.1, 0.15) is 48.4 Å². The molecule has 1 atom stereocenters. The van der Waals surface area contributed by atoms with Gasteiger partial charge in [0.05, 0.1) is 6.04 Å². The molecule has 1 aromatic carbocycles. The highest BCUT2D eigenvalue weighted by atomic mass is 19.3. The number of alkyl halides is 2. The molecule has 1 fully saturated rings. The smallest absolute Gasteiger partial charge is 0.248 e. The number of aryl methyl sites for hydroxylation is 2. The molecule has 2 nitrogen and oxygen atoms in total. The molecule has 3 N–H and O–H groups in total. The summed E-state index contributed by atoms with van der Waals surface area (Å²) in [5.74, 6) is 2.61. The zero-order valence-electron chi connectivity index (χ0n) is 11.8. The minimum absolute atomic E-state index is 0.0597. The van der Waals surface area contributed by atoms with E-state index in [0.29, 0.717) is 18.4 Å². The molecule has 1 saturated carbocycles. The summed E-state index contributed by atoms with van der Waals surface area (Å²) < 4.78 is 40.7. The van der Waals surface area contributed by atoms with Crippen LogP contribution in [0, 0.1) is 25.6 Å². The second-order valence-corrected chi connectivity index (χ2v) is 5.82. The summed E-state index contributed by atoms with van der Waals surface area (Å²) in [6.07, 6.45) is 0.411. The average Bonchev–Trinajstić information content (AvgIpc) is 2.34. The normalized spacial score (nSPS) is 20.9. The molecule has 2 rings (SSSR count). The van der Waals surface area contributed by atoms with Crippen LogP contribution in [0.3, 0.4) is 0 Å². The lowest BCUT2D eigenvalue weighted by Crippen LogP contribution is -2.38. The lowest BCUT2D eigenvalue weighted by atomic mass is 9.78. The highest BCUT2D eigenvalue weighted by Gasteiger charge is 2.38. The van der Waals surface area contributed by atoms with Crippen LogP contribution < -0.4 is 11.3 Å². The van der Waals surface area contributed by atoms with E-state index in [4.69, 9.17) is 5.84 Å². The van der Waals surface area contributed by atoms with Gasteiger partial charge >= 0.3 is 0 Å². The van der Waals surface area contributed by atoms with Crippen LogP contribution in [-0.4, -0.2) is 5.92 Å². The van der Waals surface area contributed by atoms with Gasteiger partial charge < -0.3 is 0 Å². The van der Waals surface area contributed by atoms with Crippen LogP contribution in [0.15, 0.2) is 12.1 Å². The van der Waals surface area contributed by atoms with Crippen molar-refractivity contribution in [1.29, 1.82) is 0 Å². The van der Waals surface area contributed by atoms with Crippen molar-refractivity contribution in [2.45, 2.75) is 51.5 Å². The number of benzene rings is 1. The first-order valence-electron chi connectivity index (χ1n) is 6.94. The number of hydrogen-bond donors (Lipinski definition) is 2. The Morgan fingerprint density at radius 2 is 1.85 bits per heavy atom. The molecule has 0 heterocycles. The Hall–Kier alpha value is -1.07. The van der Waals surface area contributed by atoms with Crippen LogP contribution in [0.5, 0.6) is 0 Å². The Kier molecular flexibility index (Phi) is 4.39. The third-order valence-corrected chi connectivity index (χ3v) is 4.20. The molecule has 5 heteroatoms. The first-order chi connectivity index (χ1) is 9.34. The van der Waals surface area contributed by atoms with Crippen molar-refractivity contribution in [2.75, 3.05) is 0 Å². The molecule has 0 saturated heterocycles. The lowest BCUT2D eigenvalue weighted by Gasteiger charge is -2.34. The predicted molar refractivity (Wildman–Crippen MR) is 72.8 cm³/mol. The minimum atomic E-state index is -2.59. The van der Waals surface area contributed by atoms with Crippen molar-refractivity contribution < 1.29 is 13.2 Å². The van der Waals surface area contributed by atoms with Gasteiger partial charge in [0.25, 0.3) is 0 Å². The van der Waals surface area contributed by atoms with Gasteiger partial charge in [0, 0.05) is 18.4 Å². The van der Waals surface area contributed by atoms with E-state index in [-0.39, 0.29) is 24.6 Å². The van der Waals surface area contributed by atoms with Gasteiger partial charge in [0.2, 0.25) is 5.92 Å². The quantitative estimate of drug-likeness (QED) is 0.655. The highest BCUT2D eigenvalue weighted by molar-refractivity contribution is 5.34. The van der Waals surface area contributed by atoms with Crippen molar-refractivity contribution in [2.24, 2.45) is 11.8 Å². The molecule has 0 amide bonds. The number of halogens is 3. The largest absolute Gasteiger partial charge is 0.271 e. The second-order valence-electron chi connectivity index (χ2n) is 5.82. The monoisotopic (exact) mass is 286 g/mol. The molecule has 0 bridgehead atoms. The Bertz CT molecular complexity index is 455. The van der Waals surface area contributed by atoms with E-state index in [9.17, 15) is 13.2 Å². The van der Waals surface area contributed by atoms with Gasteiger partial charge in [-0.05, 0) is 49.8 Å². The standard InChI is InChI=1S/C15H21F3N2/c1-9-7-10(2)13(12(16)8-9)14(20-19)11-3-5-15(17,18)6-4-11/h7-8,11,14,20H,3-6,19H2,1-2H3. The van der Waals surface area contributed by atoms with E-state index in [1.54, 1.807) is 0 Å². The van der Waals surface area contributed by atoms with Crippen molar-refractivity contribution >= 4 is 0 Å². The Labute approximate surface area is 117 Å². The molecule has 1 aliphatic carbocycles. The van der Waals surface area contributed by atoms with Gasteiger partial charge in [-0.2, -0.15) is 0 Å². The van der Waals surface area contributed by atoms with Gasteiger partial charge in [0.15, 0.2) is 0 Å². The number of hydrogen-bond acceptors (Lipinski definition) is 2. The zero-order chi connectivity index (χ0) is 14.9. The maximum Gasteiger partial charge on any atom is 0.248 e. The van der Waals surface area contributed by atoms with Crippen molar-refractivity contribution in [3.63, 3.8) is 0 Å². The summed E-state index contributed by atoms with van der Waals surface area (Å²) in [7, 11) is 0. The molecule has 0 aliphatic heterocycles. The fraction of sp³-hybridized carbons (Fsp3) is 0.600. The first kappa shape index (κ1) is 15.3. The molecular formula is C15H21F3N2. The van der Waals surface area contributed by atoms with Crippen LogP contribution in [0.2, 0.25) is 0 Å². The van der Waals surface area contributed by atoms with E-state index in [2.05, 4.69) is 5.43 Å². The van der Waals surface area contributed by atoms with E-state index in [0.717, 1.165) is 11.1 Å². The fourth-order valence-electron chi connectivity index (χ4n) is 3.17. The van der Waals surface area contributed by atoms with E-state index in [1.165, 1.54) is 6.07 Å². The summed E-state index contributed by atoms with van der Waals surface area (Å²) in [5, 5.41) is 0. The molecular weight excluding hydrogens is 265 g/mol. The molecule has 0 radical (unpaired) electrons. The number of nitrogens with two attached hydrogens (primary N) is 1. The van der Waals surface area contributed by atoms with E-state index >= 15 is 0 Å². The molecule has 1 unspecified atom stereocenters. The van der Waals surface area contributed by atoms with Gasteiger partial charge in [-0.3, -0.25) is 11.3 Å². The van der Waals surface area contributed by atoms with Crippen LogP contribution in [0.25, 0.3) is 0 Å². The number of nitrogens with one attached hydrogen (secondary N) is 1. The Morgan fingerprint density at radius 3 is 2.35 bits per heavy atom. The first-order valence-corrected chi connectivity index (χ1v) is 6.94. The third-order valence-electron chi connectivity index (χ3n) is 4.20. The molecule has 1 aromatic rings. The lowest BCUT2D eigenvalue weighted by molar-refractivity contribution is -0.0499. The highest BCUT2D eigenvalue weighted by Crippen LogP contribution is 2.42. The maximum atomic E-state index is 14.2. The maximum absolute atomic E-state index is 14.2. The summed E-state index contributed by atoms with van der Waals surface area (Å²) in [5.41, 5.74) is 4.79. The Morgan fingerprint density at radius 1 is 1.25 bits per heavy atom. The Balaban J connectivity index is 2.25. The van der Waals surface area contributed by atoms with Crippen LogP contribution in [-0.2, 0) is 0 Å². The summed E-state index contributed by atoms with van der Waals surface area (Å²) >= 11 is 0. The summed E-state index contributed by atoms with van der Waals surface area (Å²) in [6.45, 7) is 3.65. The number of hydrazine groups is 1. The van der Waals surface area contributed by atoms with Gasteiger partial charge in [0.1, 0.15) is 5.82 Å². The third kappa shape index (κ3) is 3.15. The SMILES string of the molecule is Cc1cc(C)c(C(NN)C2CCC(F)(F)CC2)c(F)c1. The number of rotatable bonds is 3. The topological polar surface area (TPSA) is 38.0 Å². The molecule has 1 aliphatic rings. The fourth-order valence-corrected chi connectivity index (χ4v) is 3.17. The van der Waals surface area contributed by atoms with E-state index < -0.39 is 12.0 Å². The van der Waals surface area contributed by atoms with Crippen molar-refractivity contribution in [1.82, 2.24) is 5.43 Å². The predicted octanol–water partition coefficient (Wildman–Crippen LogP) is 3.77. The molecule has 0 spiro atoms. The second kappa shape index (κ2) is 5.74.